The van der Waals surface area contributed by atoms with E-state index >= 15 is 0 Å². The van der Waals surface area contributed by atoms with Gasteiger partial charge in [0, 0.05) is 6.04 Å². The monoisotopic (exact) mass is 255 g/mol. The first-order valence-corrected chi connectivity index (χ1v) is 6.60. The number of rotatable bonds is 5. The summed E-state index contributed by atoms with van der Waals surface area (Å²) in [5.74, 6) is 0.903. The predicted molar refractivity (Wildman–Crippen MR) is 79.7 cm³/mol. The van der Waals surface area contributed by atoms with Gasteiger partial charge in [-0.1, -0.05) is 36.4 Å². The molecule has 0 spiro atoms. The lowest BCUT2D eigenvalue weighted by Crippen LogP contribution is -2.19. The van der Waals surface area contributed by atoms with Gasteiger partial charge in [0.05, 0.1) is 7.11 Å². The maximum atomic E-state index is 5.19. The minimum atomic E-state index is 0.342. The molecule has 0 aromatic heterocycles. The topological polar surface area (TPSA) is 21.3 Å². The molecule has 0 amide bonds. The first-order chi connectivity index (χ1) is 9.24. The van der Waals surface area contributed by atoms with Crippen molar-refractivity contribution in [1.29, 1.82) is 0 Å². The minimum Gasteiger partial charge on any atom is -0.497 e. The third-order valence-corrected chi connectivity index (χ3v) is 3.51. The van der Waals surface area contributed by atoms with Gasteiger partial charge in [-0.05, 0) is 49.2 Å². The Bertz CT molecular complexity index is 519. The van der Waals surface area contributed by atoms with Crippen molar-refractivity contribution in [2.24, 2.45) is 0 Å². The van der Waals surface area contributed by atoms with Gasteiger partial charge in [0.15, 0.2) is 0 Å². The Morgan fingerprint density at radius 1 is 1.05 bits per heavy atom. The second-order valence-corrected chi connectivity index (χ2v) is 4.75. The second kappa shape index (κ2) is 6.39. The molecule has 2 rings (SSSR count). The second-order valence-electron chi connectivity index (χ2n) is 4.75. The molecule has 19 heavy (non-hydrogen) atoms. The Morgan fingerprint density at radius 2 is 1.74 bits per heavy atom. The average Bonchev–Trinajstić information content (AvgIpc) is 2.46. The molecule has 2 aromatic carbocycles. The van der Waals surface area contributed by atoms with Gasteiger partial charge in [0.25, 0.3) is 0 Å². The van der Waals surface area contributed by atoms with Crippen molar-refractivity contribution in [3.63, 3.8) is 0 Å². The Balaban J connectivity index is 2.17. The van der Waals surface area contributed by atoms with Crippen molar-refractivity contribution < 1.29 is 4.74 Å². The van der Waals surface area contributed by atoms with E-state index in [1.54, 1.807) is 7.11 Å². The van der Waals surface area contributed by atoms with E-state index in [2.05, 4.69) is 48.6 Å². The SMILES string of the molecule is CNC(Cc1ccc(OC)cc1)c1ccccc1C. The average molecular weight is 255 g/mol. The summed E-state index contributed by atoms with van der Waals surface area (Å²) in [6.45, 7) is 2.16. The van der Waals surface area contributed by atoms with Crippen LogP contribution in [0.2, 0.25) is 0 Å². The van der Waals surface area contributed by atoms with Crippen molar-refractivity contribution in [1.82, 2.24) is 5.32 Å². The molecule has 0 radical (unpaired) electrons. The van der Waals surface area contributed by atoms with Crippen LogP contribution in [0.1, 0.15) is 22.7 Å². The maximum Gasteiger partial charge on any atom is 0.118 e. The summed E-state index contributed by atoms with van der Waals surface area (Å²) < 4.78 is 5.19. The highest BCUT2D eigenvalue weighted by Crippen LogP contribution is 2.22. The Hall–Kier alpha value is -1.80. The molecule has 1 N–H and O–H groups in total. The Labute approximate surface area is 115 Å². The molecule has 2 heteroatoms. The van der Waals surface area contributed by atoms with Crippen LogP contribution < -0.4 is 10.1 Å². The number of hydrogen-bond donors (Lipinski definition) is 1. The molecule has 0 saturated heterocycles. The molecule has 1 unspecified atom stereocenters. The largest absolute Gasteiger partial charge is 0.497 e. The summed E-state index contributed by atoms with van der Waals surface area (Å²) in [6.07, 6.45) is 0.978. The van der Waals surface area contributed by atoms with E-state index < -0.39 is 0 Å². The van der Waals surface area contributed by atoms with Crippen molar-refractivity contribution in [2.45, 2.75) is 19.4 Å². The van der Waals surface area contributed by atoms with E-state index in [9.17, 15) is 0 Å². The number of likely N-dealkylation sites (N-methyl/N-ethyl adjacent to an activating group) is 1. The standard InChI is InChI=1S/C17H21NO/c1-13-6-4-5-7-16(13)17(18-2)12-14-8-10-15(19-3)11-9-14/h4-11,17-18H,12H2,1-3H3. The van der Waals surface area contributed by atoms with Crippen molar-refractivity contribution >= 4 is 0 Å². The Morgan fingerprint density at radius 3 is 2.32 bits per heavy atom. The van der Waals surface area contributed by atoms with Crippen LogP contribution in [0.15, 0.2) is 48.5 Å². The normalized spacial score (nSPS) is 12.2. The molecular weight excluding hydrogens is 234 g/mol. The number of hydrogen-bond acceptors (Lipinski definition) is 2. The van der Waals surface area contributed by atoms with Crippen LogP contribution in [0.5, 0.6) is 5.75 Å². The molecule has 2 nitrogen and oxygen atoms in total. The molecule has 1 atom stereocenters. The molecule has 0 fully saturated rings. The van der Waals surface area contributed by atoms with Crippen molar-refractivity contribution in [2.75, 3.05) is 14.2 Å². The van der Waals surface area contributed by atoms with Crippen LogP contribution in [0.25, 0.3) is 0 Å². The summed E-state index contributed by atoms with van der Waals surface area (Å²) in [4.78, 5) is 0. The molecular formula is C17H21NO. The zero-order chi connectivity index (χ0) is 13.7. The van der Waals surface area contributed by atoms with Crippen LogP contribution in [0.3, 0.4) is 0 Å². The highest BCUT2D eigenvalue weighted by atomic mass is 16.5. The van der Waals surface area contributed by atoms with E-state index in [1.165, 1.54) is 16.7 Å². The first-order valence-electron chi connectivity index (χ1n) is 6.60. The fraction of sp³-hybridized carbons (Fsp3) is 0.294. The molecule has 0 bridgehead atoms. The van der Waals surface area contributed by atoms with E-state index in [0.717, 1.165) is 12.2 Å². The fourth-order valence-corrected chi connectivity index (χ4v) is 2.34. The predicted octanol–water partition coefficient (Wildman–Crippen LogP) is 3.51. The number of nitrogens with one attached hydrogen (secondary N) is 1. The molecule has 0 aliphatic heterocycles. The van der Waals surface area contributed by atoms with Gasteiger partial charge in [0.2, 0.25) is 0 Å². The summed E-state index contributed by atoms with van der Waals surface area (Å²) in [5, 5.41) is 3.41. The zero-order valence-electron chi connectivity index (χ0n) is 11.8. The molecule has 2 aromatic rings. The number of ether oxygens (including phenoxy) is 1. The third kappa shape index (κ3) is 3.36. The molecule has 0 saturated carbocycles. The van der Waals surface area contributed by atoms with E-state index in [1.807, 2.05) is 19.2 Å². The molecule has 0 heterocycles. The van der Waals surface area contributed by atoms with Gasteiger partial charge in [-0.15, -0.1) is 0 Å². The molecule has 0 aliphatic carbocycles. The van der Waals surface area contributed by atoms with Gasteiger partial charge < -0.3 is 10.1 Å². The lowest BCUT2D eigenvalue weighted by Gasteiger charge is -2.19. The first kappa shape index (κ1) is 13.6. The summed E-state index contributed by atoms with van der Waals surface area (Å²) in [5.41, 5.74) is 4.00. The van der Waals surface area contributed by atoms with Crippen LogP contribution in [-0.2, 0) is 6.42 Å². The number of methoxy groups -OCH3 is 1. The van der Waals surface area contributed by atoms with Gasteiger partial charge in [-0.25, -0.2) is 0 Å². The Kier molecular flexibility index (Phi) is 4.58. The van der Waals surface area contributed by atoms with Crippen molar-refractivity contribution in [3.8, 4) is 5.75 Å². The van der Waals surface area contributed by atoms with Crippen LogP contribution in [-0.4, -0.2) is 14.2 Å². The molecule has 100 valence electrons. The molecule has 0 aliphatic rings. The highest BCUT2D eigenvalue weighted by molar-refractivity contribution is 5.32. The van der Waals surface area contributed by atoms with Crippen LogP contribution in [0, 0.1) is 6.92 Å². The highest BCUT2D eigenvalue weighted by Gasteiger charge is 2.11. The van der Waals surface area contributed by atoms with Gasteiger partial charge >= 0.3 is 0 Å². The van der Waals surface area contributed by atoms with E-state index in [-0.39, 0.29) is 0 Å². The maximum absolute atomic E-state index is 5.19. The third-order valence-electron chi connectivity index (χ3n) is 3.51. The lowest BCUT2D eigenvalue weighted by molar-refractivity contribution is 0.414. The van der Waals surface area contributed by atoms with Crippen LogP contribution >= 0.6 is 0 Å². The van der Waals surface area contributed by atoms with Gasteiger partial charge in [-0.2, -0.15) is 0 Å². The minimum absolute atomic E-state index is 0.342. The van der Waals surface area contributed by atoms with Crippen molar-refractivity contribution in [3.05, 3.63) is 65.2 Å². The summed E-state index contributed by atoms with van der Waals surface area (Å²) >= 11 is 0. The van der Waals surface area contributed by atoms with Gasteiger partial charge in [0.1, 0.15) is 5.75 Å². The summed E-state index contributed by atoms with van der Waals surface area (Å²) in [7, 11) is 3.71. The van der Waals surface area contributed by atoms with E-state index in [4.69, 9.17) is 4.74 Å². The summed E-state index contributed by atoms with van der Waals surface area (Å²) in [6, 6.07) is 17.2. The number of aryl methyl sites for hydroxylation is 1. The lowest BCUT2D eigenvalue weighted by atomic mass is 9.95. The van der Waals surface area contributed by atoms with Gasteiger partial charge in [-0.3, -0.25) is 0 Å². The zero-order valence-corrected chi connectivity index (χ0v) is 11.8. The smallest absolute Gasteiger partial charge is 0.118 e. The number of benzene rings is 2. The van der Waals surface area contributed by atoms with Crippen LogP contribution in [0.4, 0.5) is 0 Å². The van der Waals surface area contributed by atoms with E-state index in [0.29, 0.717) is 6.04 Å². The fourth-order valence-electron chi connectivity index (χ4n) is 2.34. The quantitative estimate of drug-likeness (QED) is 0.883.